The quantitative estimate of drug-likeness (QED) is 0.891. The second kappa shape index (κ2) is 7.99. The Morgan fingerprint density at radius 1 is 1.40 bits per heavy atom. The highest BCUT2D eigenvalue weighted by Crippen LogP contribution is 2.14. The molecule has 0 aliphatic heterocycles. The number of aromatic nitrogens is 1. The van der Waals surface area contributed by atoms with Crippen LogP contribution in [0.25, 0.3) is 0 Å². The van der Waals surface area contributed by atoms with Gasteiger partial charge >= 0.3 is 0 Å². The van der Waals surface area contributed by atoms with E-state index in [9.17, 15) is 4.79 Å². The third kappa shape index (κ3) is 4.30. The Balaban J connectivity index is 0.00000200. The maximum atomic E-state index is 12.0. The van der Waals surface area contributed by atoms with E-state index in [4.69, 9.17) is 5.73 Å². The molecule has 1 atom stereocenters. The molecule has 0 fully saturated rings. The molecule has 0 aliphatic carbocycles. The van der Waals surface area contributed by atoms with Gasteiger partial charge in [0.2, 0.25) is 0 Å². The highest BCUT2D eigenvalue weighted by Gasteiger charge is 2.14. The van der Waals surface area contributed by atoms with Crippen molar-refractivity contribution < 1.29 is 4.79 Å². The van der Waals surface area contributed by atoms with Gasteiger partial charge in [-0.2, -0.15) is 0 Å². The van der Waals surface area contributed by atoms with Crippen LogP contribution in [0, 0.1) is 0 Å². The Morgan fingerprint density at radius 2 is 2.10 bits per heavy atom. The normalized spacial score (nSPS) is 11.5. The van der Waals surface area contributed by atoms with E-state index in [0.717, 1.165) is 10.6 Å². The fourth-order valence-corrected chi connectivity index (χ4v) is 2.54. The summed E-state index contributed by atoms with van der Waals surface area (Å²) in [6.45, 7) is 2.51. The Hall–Kier alpha value is -1.43. The minimum atomic E-state index is -0.143. The molecule has 3 N–H and O–H groups in total. The number of carbonyl (C=O) groups excluding carboxylic acids is 1. The molecule has 0 saturated heterocycles. The van der Waals surface area contributed by atoms with Gasteiger partial charge in [0.15, 0.2) is 0 Å². The van der Waals surface area contributed by atoms with Crippen LogP contribution in [0.2, 0.25) is 0 Å². The van der Waals surface area contributed by atoms with Crippen molar-refractivity contribution in [3.8, 4) is 0 Å². The first kappa shape index (κ1) is 16.6. The van der Waals surface area contributed by atoms with Crippen LogP contribution < -0.4 is 11.1 Å². The third-order valence-electron chi connectivity index (χ3n) is 2.79. The first-order valence-electron chi connectivity index (χ1n) is 6.21. The lowest BCUT2D eigenvalue weighted by atomic mass is 10.1. The molecule has 1 heterocycles. The summed E-state index contributed by atoms with van der Waals surface area (Å²) in [7, 11) is 0. The molecule has 0 spiro atoms. The van der Waals surface area contributed by atoms with Crippen molar-refractivity contribution in [2.75, 3.05) is 6.54 Å². The standard InChI is InChI=1S/C14H17N3OS.ClH/c1-10(11-5-3-2-4-6-11)16-14(18)12-9-19-13(17-12)7-8-15;/h2-6,9-10H,7-8,15H2,1H3,(H,16,18);1H/t10-;/m1./s1. The molecular weight excluding hydrogens is 294 g/mol. The number of thiazole rings is 1. The van der Waals surface area contributed by atoms with E-state index in [-0.39, 0.29) is 24.4 Å². The molecule has 0 bridgehead atoms. The Kier molecular flexibility index (Phi) is 6.64. The fourth-order valence-electron chi connectivity index (χ4n) is 1.75. The number of rotatable bonds is 5. The van der Waals surface area contributed by atoms with Gasteiger partial charge < -0.3 is 11.1 Å². The Bertz CT molecular complexity index is 544. The zero-order chi connectivity index (χ0) is 13.7. The number of hydrogen-bond donors (Lipinski definition) is 2. The largest absolute Gasteiger partial charge is 0.344 e. The molecule has 108 valence electrons. The molecule has 2 rings (SSSR count). The molecule has 0 aliphatic rings. The maximum Gasteiger partial charge on any atom is 0.271 e. The van der Waals surface area contributed by atoms with Gasteiger partial charge in [-0.1, -0.05) is 30.3 Å². The van der Waals surface area contributed by atoms with E-state index < -0.39 is 0 Å². The average Bonchev–Trinajstić information content (AvgIpc) is 2.89. The number of amides is 1. The number of nitrogens with zero attached hydrogens (tertiary/aromatic N) is 1. The SMILES string of the molecule is C[C@@H](NC(=O)c1csc(CCN)n1)c1ccccc1.Cl. The van der Waals surface area contributed by atoms with Gasteiger partial charge in [-0.05, 0) is 19.0 Å². The van der Waals surface area contributed by atoms with Crippen LogP contribution in [0.3, 0.4) is 0 Å². The first-order chi connectivity index (χ1) is 9.20. The number of hydrogen-bond acceptors (Lipinski definition) is 4. The van der Waals surface area contributed by atoms with Gasteiger partial charge in [0.1, 0.15) is 5.69 Å². The lowest BCUT2D eigenvalue weighted by Crippen LogP contribution is -2.26. The van der Waals surface area contributed by atoms with Gasteiger partial charge in [0.05, 0.1) is 11.0 Å². The highest BCUT2D eigenvalue weighted by molar-refractivity contribution is 7.09. The van der Waals surface area contributed by atoms with Crippen molar-refractivity contribution >= 4 is 29.7 Å². The second-order valence-electron chi connectivity index (χ2n) is 4.27. The van der Waals surface area contributed by atoms with E-state index in [1.807, 2.05) is 37.3 Å². The minimum Gasteiger partial charge on any atom is -0.344 e. The zero-order valence-corrected chi connectivity index (χ0v) is 12.8. The summed E-state index contributed by atoms with van der Waals surface area (Å²) in [5.41, 5.74) is 7.01. The lowest BCUT2D eigenvalue weighted by Gasteiger charge is -2.13. The summed E-state index contributed by atoms with van der Waals surface area (Å²) in [5.74, 6) is -0.143. The molecule has 2 aromatic rings. The minimum absolute atomic E-state index is 0. The summed E-state index contributed by atoms with van der Waals surface area (Å²) < 4.78 is 0. The van der Waals surface area contributed by atoms with E-state index in [1.54, 1.807) is 5.38 Å². The van der Waals surface area contributed by atoms with Crippen LogP contribution in [-0.2, 0) is 6.42 Å². The summed E-state index contributed by atoms with van der Waals surface area (Å²) in [6, 6.07) is 9.82. The monoisotopic (exact) mass is 311 g/mol. The summed E-state index contributed by atoms with van der Waals surface area (Å²) >= 11 is 1.47. The third-order valence-corrected chi connectivity index (χ3v) is 3.70. The highest BCUT2D eigenvalue weighted by atomic mass is 35.5. The molecule has 1 aromatic carbocycles. The molecule has 4 nitrogen and oxygen atoms in total. The molecule has 0 radical (unpaired) electrons. The molecule has 0 saturated carbocycles. The van der Waals surface area contributed by atoms with E-state index >= 15 is 0 Å². The topological polar surface area (TPSA) is 68.0 Å². The molecule has 1 aromatic heterocycles. The number of nitrogens with two attached hydrogens (primary N) is 1. The Labute approximate surface area is 128 Å². The lowest BCUT2D eigenvalue weighted by molar-refractivity contribution is 0.0935. The van der Waals surface area contributed by atoms with E-state index in [2.05, 4.69) is 10.3 Å². The van der Waals surface area contributed by atoms with Crippen LogP contribution in [0.1, 0.15) is 34.0 Å². The number of benzene rings is 1. The van der Waals surface area contributed by atoms with Gasteiger partial charge in [-0.3, -0.25) is 4.79 Å². The first-order valence-corrected chi connectivity index (χ1v) is 7.09. The number of halogens is 1. The molecular formula is C14H18ClN3OS. The van der Waals surface area contributed by atoms with Crippen LogP contribution in [-0.4, -0.2) is 17.4 Å². The maximum absolute atomic E-state index is 12.0. The second-order valence-corrected chi connectivity index (χ2v) is 5.21. The van der Waals surface area contributed by atoms with Crippen molar-refractivity contribution in [1.82, 2.24) is 10.3 Å². The van der Waals surface area contributed by atoms with Crippen LogP contribution in [0.5, 0.6) is 0 Å². The number of carbonyl (C=O) groups is 1. The molecule has 6 heteroatoms. The Morgan fingerprint density at radius 3 is 2.75 bits per heavy atom. The van der Waals surface area contributed by atoms with Gasteiger partial charge in [-0.15, -0.1) is 23.7 Å². The van der Waals surface area contributed by atoms with Gasteiger partial charge in [0, 0.05) is 11.8 Å². The van der Waals surface area contributed by atoms with E-state index in [1.165, 1.54) is 11.3 Å². The molecule has 0 unspecified atom stereocenters. The van der Waals surface area contributed by atoms with Crippen molar-refractivity contribution in [2.24, 2.45) is 5.73 Å². The van der Waals surface area contributed by atoms with Crippen LogP contribution in [0.15, 0.2) is 35.7 Å². The zero-order valence-electron chi connectivity index (χ0n) is 11.2. The smallest absolute Gasteiger partial charge is 0.271 e. The fraction of sp³-hybridized carbons (Fsp3) is 0.286. The summed E-state index contributed by atoms with van der Waals surface area (Å²) in [4.78, 5) is 16.3. The van der Waals surface area contributed by atoms with Crippen molar-refractivity contribution in [3.05, 3.63) is 52.0 Å². The molecule has 1 amide bonds. The van der Waals surface area contributed by atoms with Crippen LogP contribution in [0.4, 0.5) is 0 Å². The summed E-state index contributed by atoms with van der Waals surface area (Å²) in [5, 5.41) is 5.62. The summed E-state index contributed by atoms with van der Waals surface area (Å²) in [6.07, 6.45) is 0.714. The molecule has 20 heavy (non-hydrogen) atoms. The van der Waals surface area contributed by atoms with Crippen LogP contribution >= 0.6 is 23.7 Å². The van der Waals surface area contributed by atoms with Crippen molar-refractivity contribution in [1.29, 1.82) is 0 Å². The van der Waals surface area contributed by atoms with E-state index in [0.29, 0.717) is 18.7 Å². The van der Waals surface area contributed by atoms with Gasteiger partial charge in [-0.25, -0.2) is 4.98 Å². The van der Waals surface area contributed by atoms with Crippen molar-refractivity contribution in [2.45, 2.75) is 19.4 Å². The number of nitrogens with one attached hydrogen (secondary N) is 1. The van der Waals surface area contributed by atoms with Gasteiger partial charge in [0.25, 0.3) is 5.91 Å². The van der Waals surface area contributed by atoms with Crippen molar-refractivity contribution in [3.63, 3.8) is 0 Å². The predicted octanol–water partition coefficient (Wildman–Crippen LogP) is 2.56. The average molecular weight is 312 g/mol. The predicted molar refractivity (Wildman–Crippen MR) is 84.4 cm³/mol.